The van der Waals surface area contributed by atoms with Gasteiger partial charge in [-0.1, -0.05) is 53.2 Å². The number of hydrogen-bond acceptors (Lipinski definition) is 0. The maximum Gasteiger partial charge on any atom is 0.00661 e. The van der Waals surface area contributed by atoms with Crippen LogP contribution in [0.2, 0.25) is 0 Å². The quantitative estimate of drug-likeness (QED) is 0.696. The lowest BCUT2D eigenvalue weighted by Gasteiger charge is -2.03. The van der Waals surface area contributed by atoms with Crippen molar-refractivity contribution in [1.82, 2.24) is 0 Å². The minimum Gasteiger partial charge on any atom is -0.0925 e. The Morgan fingerprint density at radius 3 is 2.86 bits per heavy atom. The molecular formula is C13H17Br. The zero-order valence-corrected chi connectivity index (χ0v) is 10.5. The predicted molar refractivity (Wildman–Crippen MR) is 67.9 cm³/mol. The van der Waals surface area contributed by atoms with Gasteiger partial charge in [-0.15, -0.1) is 0 Å². The highest BCUT2D eigenvalue weighted by atomic mass is 79.9. The van der Waals surface area contributed by atoms with Crippen molar-refractivity contribution in [3.63, 3.8) is 0 Å². The molecule has 1 aromatic carbocycles. The lowest BCUT2D eigenvalue weighted by molar-refractivity contribution is 1.14. The highest BCUT2D eigenvalue weighted by Crippen LogP contribution is 2.16. The van der Waals surface area contributed by atoms with Crippen LogP contribution in [0.4, 0.5) is 0 Å². The zero-order valence-electron chi connectivity index (χ0n) is 8.89. The minimum atomic E-state index is 1.04. The molecule has 0 saturated carbocycles. The van der Waals surface area contributed by atoms with Gasteiger partial charge < -0.3 is 0 Å². The second-order valence-electron chi connectivity index (χ2n) is 3.42. The lowest BCUT2D eigenvalue weighted by atomic mass is 10.0. The number of alkyl halides is 1. The predicted octanol–water partition coefficient (Wildman–Crippen LogP) is 4.44. The number of allylic oxidation sites excluding steroid dienone is 2. The molecule has 0 aliphatic heterocycles. The van der Waals surface area contributed by atoms with Gasteiger partial charge in [0.1, 0.15) is 0 Å². The maximum atomic E-state index is 3.43. The summed E-state index contributed by atoms with van der Waals surface area (Å²) in [7, 11) is 0. The molecule has 0 aliphatic carbocycles. The van der Waals surface area contributed by atoms with Gasteiger partial charge in [-0.25, -0.2) is 0 Å². The molecule has 14 heavy (non-hydrogen) atoms. The Morgan fingerprint density at radius 2 is 2.21 bits per heavy atom. The third-order valence-electron chi connectivity index (χ3n) is 2.35. The molecule has 0 N–H and O–H groups in total. The van der Waals surface area contributed by atoms with E-state index in [2.05, 4.69) is 60.1 Å². The Kier molecular flexibility index (Phi) is 4.95. The van der Waals surface area contributed by atoms with E-state index in [0.29, 0.717) is 0 Å². The summed E-state index contributed by atoms with van der Waals surface area (Å²) in [6.07, 6.45) is 4.49. The molecule has 0 spiro atoms. The van der Waals surface area contributed by atoms with E-state index in [1.807, 2.05) is 0 Å². The molecule has 0 unspecified atom stereocenters. The molecule has 0 aliphatic rings. The first-order chi connectivity index (χ1) is 6.77. The van der Waals surface area contributed by atoms with Crippen molar-refractivity contribution in [1.29, 1.82) is 0 Å². The normalized spacial score (nSPS) is 11.8. The van der Waals surface area contributed by atoms with E-state index in [0.717, 1.165) is 18.2 Å². The summed E-state index contributed by atoms with van der Waals surface area (Å²) in [5.74, 6) is 0. The molecule has 0 radical (unpaired) electrons. The first-order valence-electron chi connectivity index (χ1n) is 5.10. The second-order valence-corrected chi connectivity index (χ2v) is 4.21. The average Bonchev–Trinajstić information content (AvgIpc) is 2.26. The van der Waals surface area contributed by atoms with E-state index in [1.54, 1.807) is 0 Å². The SMILES string of the molecule is CCc1cccc(/C(C)=C/CCBr)c1. The molecule has 0 atom stereocenters. The minimum absolute atomic E-state index is 1.04. The van der Waals surface area contributed by atoms with Crippen molar-refractivity contribution in [3.8, 4) is 0 Å². The summed E-state index contributed by atoms with van der Waals surface area (Å²) >= 11 is 3.43. The van der Waals surface area contributed by atoms with Gasteiger partial charge in [0.25, 0.3) is 0 Å². The topological polar surface area (TPSA) is 0 Å². The van der Waals surface area contributed by atoms with Crippen LogP contribution < -0.4 is 0 Å². The van der Waals surface area contributed by atoms with Crippen LogP contribution in [0.1, 0.15) is 31.4 Å². The fourth-order valence-electron chi connectivity index (χ4n) is 1.43. The van der Waals surface area contributed by atoms with Gasteiger partial charge >= 0.3 is 0 Å². The fourth-order valence-corrected chi connectivity index (χ4v) is 1.65. The van der Waals surface area contributed by atoms with Crippen LogP contribution in [0.5, 0.6) is 0 Å². The van der Waals surface area contributed by atoms with Gasteiger partial charge in [-0.3, -0.25) is 0 Å². The van der Waals surface area contributed by atoms with Crippen LogP contribution in [-0.4, -0.2) is 5.33 Å². The Hall–Kier alpha value is -0.560. The first kappa shape index (κ1) is 11.5. The van der Waals surface area contributed by atoms with Crippen molar-refractivity contribution < 1.29 is 0 Å². The zero-order chi connectivity index (χ0) is 10.4. The Morgan fingerprint density at radius 1 is 1.43 bits per heavy atom. The van der Waals surface area contributed by atoms with E-state index in [1.165, 1.54) is 16.7 Å². The van der Waals surface area contributed by atoms with Gasteiger partial charge in [0, 0.05) is 5.33 Å². The van der Waals surface area contributed by atoms with Crippen LogP contribution in [-0.2, 0) is 6.42 Å². The molecular weight excluding hydrogens is 236 g/mol. The fraction of sp³-hybridized carbons (Fsp3) is 0.385. The van der Waals surface area contributed by atoms with Gasteiger partial charge in [0.2, 0.25) is 0 Å². The molecule has 76 valence electrons. The summed E-state index contributed by atoms with van der Waals surface area (Å²) in [5, 5.41) is 1.04. The van der Waals surface area contributed by atoms with Gasteiger partial charge in [-0.05, 0) is 36.5 Å². The summed E-state index contributed by atoms with van der Waals surface area (Å²) in [6, 6.07) is 8.78. The van der Waals surface area contributed by atoms with Gasteiger partial charge in [0.05, 0.1) is 0 Å². The van der Waals surface area contributed by atoms with E-state index in [9.17, 15) is 0 Å². The Bertz CT molecular complexity index is 313. The molecule has 0 saturated heterocycles. The van der Waals surface area contributed by atoms with Crippen molar-refractivity contribution >= 4 is 21.5 Å². The van der Waals surface area contributed by atoms with Crippen LogP contribution in [0.3, 0.4) is 0 Å². The number of hydrogen-bond donors (Lipinski definition) is 0. The number of benzene rings is 1. The number of aryl methyl sites for hydroxylation is 1. The van der Waals surface area contributed by atoms with Crippen molar-refractivity contribution in [3.05, 3.63) is 41.5 Å². The summed E-state index contributed by atoms with van der Waals surface area (Å²) in [5.41, 5.74) is 4.14. The van der Waals surface area contributed by atoms with Crippen LogP contribution in [0, 0.1) is 0 Å². The second kappa shape index (κ2) is 6.02. The highest BCUT2D eigenvalue weighted by Gasteiger charge is 1.96. The van der Waals surface area contributed by atoms with Crippen molar-refractivity contribution in [2.24, 2.45) is 0 Å². The molecule has 0 heterocycles. The first-order valence-corrected chi connectivity index (χ1v) is 6.22. The smallest absolute Gasteiger partial charge is 0.00661 e. The number of halogens is 1. The number of rotatable bonds is 4. The monoisotopic (exact) mass is 252 g/mol. The summed E-state index contributed by atoms with van der Waals surface area (Å²) in [6.45, 7) is 4.37. The van der Waals surface area contributed by atoms with Gasteiger partial charge in [0.15, 0.2) is 0 Å². The highest BCUT2D eigenvalue weighted by molar-refractivity contribution is 9.09. The third kappa shape index (κ3) is 3.30. The van der Waals surface area contributed by atoms with Crippen LogP contribution in [0.15, 0.2) is 30.3 Å². The van der Waals surface area contributed by atoms with Crippen molar-refractivity contribution in [2.75, 3.05) is 5.33 Å². The molecule has 1 heteroatoms. The van der Waals surface area contributed by atoms with E-state index in [4.69, 9.17) is 0 Å². The van der Waals surface area contributed by atoms with E-state index in [-0.39, 0.29) is 0 Å². The third-order valence-corrected chi connectivity index (χ3v) is 2.81. The molecule has 0 amide bonds. The lowest BCUT2D eigenvalue weighted by Crippen LogP contribution is -1.84. The molecule has 0 fully saturated rings. The van der Waals surface area contributed by atoms with Crippen LogP contribution in [0.25, 0.3) is 5.57 Å². The standard InChI is InChI=1S/C13H17Br/c1-3-12-7-4-8-13(10-12)11(2)6-5-9-14/h4,6-8,10H,3,5,9H2,1-2H3/b11-6+. The van der Waals surface area contributed by atoms with E-state index < -0.39 is 0 Å². The van der Waals surface area contributed by atoms with Gasteiger partial charge in [-0.2, -0.15) is 0 Å². The van der Waals surface area contributed by atoms with Crippen LogP contribution >= 0.6 is 15.9 Å². The molecule has 0 aromatic heterocycles. The Balaban J connectivity index is 2.84. The summed E-state index contributed by atoms with van der Waals surface area (Å²) in [4.78, 5) is 0. The largest absolute Gasteiger partial charge is 0.0925 e. The van der Waals surface area contributed by atoms with Crippen molar-refractivity contribution in [2.45, 2.75) is 26.7 Å². The summed E-state index contributed by atoms with van der Waals surface area (Å²) < 4.78 is 0. The molecule has 0 bridgehead atoms. The van der Waals surface area contributed by atoms with E-state index >= 15 is 0 Å². The molecule has 1 aromatic rings. The molecule has 1 rings (SSSR count). The Labute approximate surface area is 95.2 Å². The molecule has 0 nitrogen and oxygen atoms in total. The maximum absolute atomic E-state index is 3.43. The average molecular weight is 253 g/mol.